The quantitative estimate of drug-likeness (QED) is 0.402. The Morgan fingerprint density at radius 3 is 2.42 bits per heavy atom. The zero-order valence-corrected chi connectivity index (χ0v) is 20.9. The van der Waals surface area contributed by atoms with E-state index in [1.165, 1.54) is 0 Å². The van der Waals surface area contributed by atoms with Crippen molar-refractivity contribution in [1.29, 1.82) is 0 Å². The highest BCUT2D eigenvalue weighted by atomic mass is 32.2. The zero-order valence-electron chi connectivity index (χ0n) is 20.1. The van der Waals surface area contributed by atoms with E-state index in [1.54, 1.807) is 31.0 Å². The van der Waals surface area contributed by atoms with Gasteiger partial charge in [0.2, 0.25) is 5.88 Å². The van der Waals surface area contributed by atoms with Crippen molar-refractivity contribution >= 4 is 23.2 Å². The number of fused-ring (bicyclic) bond motifs is 1. The first kappa shape index (κ1) is 23.7. The van der Waals surface area contributed by atoms with Gasteiger partial charge in [0.15, 0.2) is 0 Å². The fourth-order valence-electron chi connectivity index (χ4n) is 4.48. The van der Waals surface area contributed by atoms with Crippen molar-refractivity contribution in [2.45, 2.75) is 30.4 Å². The highest BCUT2D eigenvalue weighted by molar-refractivity contribution is 7.99. The number of aryl methyl sites for hydroxylation is 2. The number of hydrogen-bond acceptors (Lipinski definition) is 6. The van der Waals surface area contributed by atoms with Crippen molar-refractivity contribution in [2.24, 2.45) is 4.99 Å². The molecule has 36 heavy (non-hydrogen) atoms. The Balaban J connectivity index is 1.69. The van der Waals surface area contributed by atoms with Crippen LogP contribution < -0.4 is 16.0 Å². The first-order valence-electron chi connectivity index (χ1n) is 11.5. The molecule has 0 saturated heterocycles. The lowest BCUT2D eigenvalue weighted by molar-refractivity contribution is 0.414. The SMILES string of the molecule is COc1ccc([C@@H]2CC(c3c(O)n(-c4cc(C)cc(C)c4)c(=O)[nH]c3=O)=Nc3ccccc3S2)cc1. The molecular formula is C28H25N3O4S. The van der Waals surface area contributed by atoms with E-state index in [-0.39, 0.29) is 10.8 Å². The molecule has 182 valence electrons. The Morgan fingerprint density at radius 2 is 1.72 bits per heavy atom. The summed E-state index contributed by atoms with van der Waals surface area (Å²) in [7, 11) is 1.62. The Labute approximate surface area is 212 Å². The molecule has 1 aliphatic heterocycles. The number of benzene rings is 3. The van der Waals surface area contributed by atoms with Crippen LogP contribution in [0, 0.1) is 13.8 Å². The number of nitrogens with zero attached hydrogens (tertiary/aromatic N) is 2. The number of aromatic hydroxyl groups is 1. The number of para-hydroxylation sites is 1. The van der Waals surface area contributed by atoms with Gasteiger partial charge in [-0.05, 0) is 66.9 Å². The van der Waals surface area contributed by atoms with Crippen LogP contribution in [-0.2, 0) is 0 Å². The molecule has 5 rings (SSSR count). The maximum absolute atomic E-state index is 13.1. The van der Waals surface area contributed by atoms with Gasteiger partial charge in [-0.3, -0.25) is 14.8 Å². The van der Waals surface area contributed by atoms with Crippen LogP contribution in [0.3, 0.4) is 0 Å². The lowest BCUT2D eigenvalue weighted by Crippen LogP contribution is -2.33. The second-order valence-electron chi connectivity index (χ2n) is 8.75. The molecule has 8 heteroatoms. The molecule has 1 atom stereocenters. The number of aromatic amines is 1. The van der Waals surface area contributed by atoms with Crippen molar-refractivity contribution in [3.63, 3.8) is 0 Å². The lowest BCUT2D eigenvalue weighted by Gasteiger charge is -2.18. The lowest BCUT2D eigenvalue weighted by atomic mass is 10.0. The molecule has 7 nitrogen and oxygen atoms in total. The maximum Gasteiger partial charge on any atom is 0.335 e. The Bertz CT molecular complexity index is 1580. The largest absolute Gasteiger partial charge is 0.497 e. The van der Waals surface area contributed by atoms with E-state index in [4.69, 9.17) is 9.73 Å². The molecule has 0 aliphatic carbocycles. The van der Waals surface area contributed by atoms with Crippen molar-refractivity contribution in [3.05, 3.63) is 110 Å². The summed E-state index contributed by atoms with van der Waals surface area (Å²) in [6, 6.07) is 21.0. The predicted molar refractivity (Wildman–Crippen MR) is 143 cm³/mol. The van der Waals surface area contributed by atoms with Crippen LogP contribution in [0.25, 0.3) is 5.69 Å². The fraction of sp³-hybridized carbons (Fsp3) is 0.179. The van der Waals surface area contributed by atoms with E-state index < -0.39 is 17.1 Å². The van der Waals surface area contributed by atoms with E-state index >= 15 is 0 Å². The molecule has 2 heterocycles. The van der Waals surface area contributed by atoms with Crippen LogP contribution >= 0.6 is 11.8 Å². The summed E-state index contributed by atoms with van der Waals surface area (Å²) in [6.45, 7) is 3.82. The third kappa shape index (κ3) is 4.47. The number of hydrogen-bond donors (Lipinski definition) is 2. The van der Waals surface area contributed by atoms with E-state index in [9.17, 15) is 14.7 Å². The molecule has 0 amide bonds. The average Bonchev–Trinajstić information content (AvgIpc) is 3.03. The van der Waals surface area contributed by atoms with E-state index in [1.807, 2.05) is 68.4 Å². The number of methoxy groups -OCH3 is 1. The number of ether oxygens (including phenoxy) is 1. The molecule has 0 fully saturated rings. The maximum atomic E-state index is 13.1. The summed E-state index contributed by atoms with van der Waals surface area (Å²) in [6.07, 6.45) is 0.368. The van der Waals surface area contributed by atoms with Gasteiger partial charge in [0.05, 0.1) is 24.2 Å². The summed E-state index contributed by atoms with van der Waals surface area (Å²) < 4.78 is 6.43. The molecule has 0 bridgehead atoms. The molecule has 4 aromatic rings. The minimum absolute atomic E-state index is 0.00965. The number of H-pyrrole nitrogens is 1. The molecule has 1 aromatic heterocycles. The van der Waals surface area contributed by atoms with Crippen LogP contribution in [0.5, 0.6) is 11.6 Å². The van der Waals surface area contributed by atoms with E-state index in [0.717, 1.165) is 31.9 Å². The predicted octanol–water partition coefficient (Wildman–Crippen LogP) is 5.21. The fourth-order valence-corrected chi connectivity index (χ4v) is 5.71. The van der Waals surface area contributed by atoms with Crippen molar-refractivity contribution in [2.75, 3.05) is 7.11 Å². The second-order valence-corrected chi connectivity index (χ2v) is 9.99. The first-order valence-corrected chi connectivity index (χ1v) is 12.4. The van der Waals surface area contributed by atoms with Gasteiger partial charge in [0.25, 0.3) is 5.56 Å². The summed E-state index contributed by atoms with van der Waals surface area (Å²) >= 11 is 1.64. The summed E-state index contributed by atoms with van der Waals surface area (Å²) in [5.74, 6) is 0.326. The van der Waals surface area contributed by atoms with Gasteiger partial charge in [0.1, 0.15) is 11.3 Å². The van der Waals surface area contributed by atoms with Crippen LogP contribution in [0.15, 0.2) is 86.2 Å². The van der Waals surface area contributed by atoms with E-state index in [0.29, 0.717) is 23.5 Å². The van der Waals surface area contributed by atoms with Crippen molar-refractivity contribution in [3.8, 4) is 17.3 Å². The highest BCUT2D eigenvalue weighted by Gasteiger charge is 2.27. The number of aliphatic imine (C=N–C) groups is 1. The molecule has 1 aliphatic rings. The van der Waals surface area contributed by atoms with Crippen LogP contribution in [0.4, 0.5) is 5.69 Å². The molecule has 0 spiro atoms. The van der Waals surface area contributed by atoms with Crippen LogP contribution in [0.2, 0.25) is 0 Å². The van der Waals surface area contributed by atoms with Gasteiger partial charge < -0.3 is 9.84 Å². The third-order valence-corrected chi connectivity index (χ3v) is 7.42. The molecule has 3 aromatic carbocycles. The smallest absolute Gasteiger partial charge is 0.335 e. The minimum atomic E-state index is -0.707. The Morgan fingerprint density at radius 1 is 1.03 bits per heavy atom. The number of thioether (sulfide) groups is 1. The highest BCUT2D eigenvalue weighted by Crippen LogP contribution is 2.46. The molecule has 2 N–H and O–H groups in total. The van der Waals surface area contributed by atoms with Gasteiger partial charge in [-0.2, -0.15) is 0 Å². The van der Waals surface area contributed by atoms with Gasteiger partial charge in [-0.1, -0.05) is 30.3 Å². The second kappa shape index (κ2) is 9.54. The van der Waals surface area contributed by atoms with Gasteiger partial charge in [0, 0.05) is 16.6 Å². The molecule has 0 unspecified atom stereocenters. The topological polar surface area (TPSA) is 96.7 Å². The monoisotopic (exact) mass is 499 g/mol. The van der Waals surface area contributed by atoms with Gasteiger partial charge in [-0.15, -0.1) is 11.8 Å². The summed E-state index contributed by atoms with van der Waals surface area (Å²) in [5, 5.41) is 11.3. The first-order chi connectivity index (χ1) is 17.3. The summed E-state index contributed by atoms with van der Waals surface area (Å²) in [5.41, 5.74) is 3.09. The summed E-state index contributed by atoms with van der Waals surface area (Å²) in [4.78, 5) is 34.1. The number of nitrogens with one attached hydrogen (secondary N) is 1. The normalized spacial score (nSPS) is 15.1. The third-order valence-electron chi connectivity index (χ3n) is 6.10. The molecule has 0 saturated carbocycles. The Kier molecular flexibility index (Phi) is 6.28. The van der Waals surface area contributed by atoms with E-state index in [2.05, 4.69) is 4.98 Å². The molecular weight excluding hydrogens is 474 g/mol. The number of rotatable bonds is 4. The van der Waals surface area contributed by atoms with Gasteiger partial charge in [-0.25, -0.2) is 9.36 Å². The van der Waals surface area contributed by atoms with Gasteiger partial charge >= 0.3 is 5.69 Å². The zero-order chi connectivity index (χ0) is 25.4. The average molecular weight is 500 g/mol. The Hall–Kier alpha value is -4.04. The van der Waals surface area contributed by atoms with Crippen molar-refractivity contribution < 1.29 is 9.84 Å². The van der Waals surface area contributed by atoms with Crippen LogP contribution in [-0.4, -0.2) is 27.5 Å². The number of aromatic nitrogens is 2. The molecule has 0 radical (unpaired) electrons. The standard InChI is InChI=1S/C28H25N3O4S/c1-16-12-17(2)14-19(13-16)31-27(33)25(26(32)30-28(31)34)22-15-24(18-8-10-20(35-3)11-9-18)36-23-7-5-4-6-21(23)29-22/h4-14,24,33H,15H2,1-3H3,(H,30,32,34)/t24-/m0/s1. The minimum Gasteiger partial charge on any atom is -0.497 e. The van der Waals surface area contributed by atoms with Crippen LogP contribution in [0.1, 0.15) is 33.9 Å². The van der Waals surface area contributed by atoms with Crippen molar-refractivity contribution in [1.82, 2.24) is 9.55 Å².